The molecule has 8 nitrogen and oxygen atoms in total. The van der Waals surface area contributed by atoms with Gasteiger partial charge in [0, 0.05) is 31.9 Å². The van der Waals surface area contributed by atoms with Crippen molar-refractivity contribution in [1.82, 2.24) is 9.97 Å². The first-order chi connectivity index (χ1) is 12.5. The van der Waals surface area contributed by atoms with E-state index in [2.05, 4.69) is 19.4 Å². The number of hydrogen-bond acceptors (Lipinski definition) is 7. The summed E-state index contributed by atoms with van der Waals surface area (Å²) in [6, 6.07) is 10.4. The van der Waals surface area contributed by atoms with Crippen molar-refractivity contribution in [2.45, 2.75) is 4.90 Å². The normalized spacial score (nSPS) is 10.5. The maximum absolute atomic E-state index is 12.9. The summed E-state index contributed by atoms with van der Waals surface area (Å²) in [6.07, 6.45) is 2.84. The van der Waals surface area contributed by atoms with Crippen LogP contribution in [0.1, 0.15) is 15.9 Å². The maximum atomic E-state index is 12.9. The Balaban J connectivity index is 0.00000261. The van der Waals surface area contributed by atoms with Gasteiger partial charge >= 0.3 is 5.97 Å². The van der Waals surface area contributed by atoms with Crippen molar-refractivity contribution in [1.29, 1.82) is 5.26 Å². The number of nitriles is 1. The van der Waals surface area contributed by atoms with Gasteiger partial charge in [-0.3, -0.25) is 14.7 Å². The first-order valence-corrected chi connectivity index (χ1v) is 8.79. The molecule has 3 rings (SSSR count). The monoisotopic (exact) mass is 432 g/mol. The number of nitrogens with zero attached hydrogens (tertiary/aromatic N) is 3. The predicted molar refractivity (Wildman–Crippen MR) is 92.8 cm³/mol. The van der Waals surface area contributed by atoms with Crippen molar-refractivity contribution in [2.75, 3.05) is 11.8 Å². The van der Waals surface area contributed by atoms with Gasteiger partial charge in [-0.15, -0.1) is 0 Å². The molecule has 0 amide bonds. The largest absolute Gasteiger partial charge is 0.465 e. The summed E-state index contributed by atoms with van der Waals surface area (Å²) < 4.78 is 32.7. The van der Waals surface area contributed by atoms with Gasteiger partial charge in [-0.1, -0.05) is 6.07 Å². The molecular formula is C17H12N4O4SZn. The number of nitrogens with one attached hydrogen (secondary N) is 1. The fourth-order valence-corrected chi connectivity index (χ4v) is 3.61. The molecule has 0 atom stereocenters. The van der Waals surface area contributed by atoms with E-state index in [9.17, 15) is 13.2 Å². The van der Waals surface area contributed by atoms with Crippen LogP contribution < -0.4 is 4.72 Å². The van der Waals surface area contributed by atoms with Crippen LogP contribution in [0.4, 0.5) is 5.69 Å². The number of carbonyl (C=O) groups is 1. The van der Waals surface area contributed by atoms with Crippen molar-refractivity contribution in [3.05, 3.63) is 59.9 Å². The molecule has 0 aliphatic carbocycles. The average Bonchev–Trinajstić information content (AvgIpc) is 2.66. The van der Waals surface area contributed by atoms with Crippen LogP contribution in [-0.4, -0.2) is 31.5 Å². The van der Waals surface area contributed by atoms with Crippen LogP contribution in [0.5, 0.6) is 0 Å². The number of anilines is 1. The molecule has 2 aromatic carbocycles. The molecule has 0 unspecified atom stereocenters. The molecule has 1 heterocycles. The summed E-state index contributed by atoms with van der Waals surface area (Å²) in [5.74, 6) is -0.732. The number of hydrogen-bond donors (Lipinski definition) is 1. The average molecular weight is 434 g/mol. The van der Waals surface area contributed by atoms with E-state index in [4.69, 9.17) is 5.26 Å². The van der Waals surface area contributed by atoms with Gasteiger partial charge in [-0.25, -0.2) is 13.2 Å². The molecule has 0 fully saturated rings. The van der Waals surface area contributed by atoms with Crippen molar-refractivity contribution >= 4 is 32.7 Å². The molecule has 1 aromatic heterocycles. The van der Waals surface area contributed by atoms with Crippen LogP contribution in [0.2, 0.25) is 0 Å². The topological polar surface area (TPSA) is 122 Å². The molecule has 0 saturated heterocycles. The number of esters is 1. The number of fused-ring (bicyclic) bond motifs is 1. The molecule has 132 valence electrons. The van der Waals surface area contributed by atoms with Crippen LogP contribution in [-0.2, 0) is 34.2 Å². The minimum absolute atomic E-state index is 0. The third-order valence-corrected chi connectivity index (χ3v) is 4.95. The Morgan fingerprint density at radius 3 is 2.63 bits per heavy atom. The number of methoxy groups -OCH3 is 1. The number of benzene rings is 2. The minimum Gasteiger partial charge on any atom is -0.465 e. The Kier molecular flexibility index (Phi) is 6.21. The Morgan fingerprint density at radius 1 is 1.19 bits per heavy atom. The molecule has 1 N–H and O–H groups in total. The smallest absolute Gasteiger partial charge is 0.339 e. The van der Waals surface area contributed by atoms with Crippen molar-refractivity contribution in [3.8, 4) is 6.07 Å². The minimum atomic E-state index is -4.10. The molecule has 0 bridgehead atoms. The van der Waals surface area contributed by atoms with Crippen LogP contribution in [0.15, 0.2) is 53.7 Å². The number of para-hydroxylation sites is 1. The van der Waals surface area contributed by atoms with E-state index in [1.54, 1.807) is 12.1 Å². The van der Waals surface area contributed by atoms with E-state index in [1.165, 1.54) is 43.8 Å². The second kappa shape index (κ2) is 8.21. The summed E-state index contributed by atoms with van der Waals surface area (Å²) in [7, 11) is -2.92. The Labute approximate surface area is 168 Å². The number of rotatable bonds is 4. The quantitative estimate of drug-likeness (QED) is 0.493. The summed E-state index contributed by atoms with van der Waals surface area (Å²) in [4.78, 5) is 20.0. The van der Waals surface area contributed by atoms with Crippen LogP contribution in [0.25, 0.3) is 11.0 Å². The maximum Gasteiger partial charge on any atom is 0.339 e. The van der Waals surface area contributed by atoms with Crippen LogP contribution in [0, 0.1) is 11.3 Å². The van der Waals surface area contributed by atoms with Crippen molar-refractivity contribution < 1.29 is 37.4 Å². The fraction of sp³-hybridized carbons (Fsp3) is 0.0588. The van der Waals surface area contributed by atoms with E-state index in [1.807, 2.05) is 6.07 Å². The van der Waals surface area contributed by atoms with E-state index >= 15 is 0 Å². The van der Waals surface area contributed by atoms with E-state index in [-0.39, 0.29) is 46.7 Å². The third kappa shape index (κ3) is 4.10. The van der Waals surface area contributed by atoms with E-state index in [0.717, 1.165) is 0 Å². The second-order valence-corrected chi connectivity index (χ2v) is 6.80. The van der Waals surface area contributed by atoms with Gasteiger partial charge in [0.1, 0.15) is 10.4 Å². The van der Waals surface area contributed by atoms with Crippen LogP contribution in [0.3, 0.4) is 0 Å². The summed E-state index contributed by atoms with van der Waals surface area (Å²) in [6.45, 7) is 0. The Morgan fingerprint density at radius 2 is 1.93 bits per heavy atom. The van der Waals surface area contributed by atoms with Crippen molar-refractivity contribution in [3.63, 3.8) is 0 Å². The van der Waals surface area contributed by atoms with Gasteiger partial charge in [0.05, 0.1) is 35.5 Å². The molecule has 0 spiro atoms. The predicted octanol–water partition coefficient (Wildman–Crippen LogP) is 2.09. The SMILES string of the molecule is COC(=O)c1ccc(C#N)cc1NS(=O)(=O)c1cccc2nccnc12.[Zn]. The first-order valence-electron chi connectivity index (χ1n) is 7.31. The number of carbonyl (C=O) groups excluding carboxylic acids is 1. The third-order valence-electron chi connectivity index (χ3n) is 3.55. The van der Waals surface area contributed by atoms with Gasteiger partial charge in [0.25, 0.3) is 10.0 Å². The van der Waals surface area contributed by atoms with Crippen molar-refractivity contribution in [2.24, 2.45) is 0 Å². The summed E-state index contributed by atoms with van der Waals surface area (Å²) in [5.41, 5.74) is 0.721. The van der Waals surface area contributed by atoms with E-state index < -0.39 is 16.0 Å². The zero-order chi connectivity index (χ0) is 18.7. The molecule has 0 aliphatic rings. The second-order valence-electron chi connectivity index (χ2n) is 5.15. The Hall–Kier alpha value is -2.89. The van der Waals surface area contributed by atoms with Gasteiger partial charge in [0.15, 0.2) is 0 Å². The van der Waals surface area contributed by atoms with E-state index in [0.29, 0.717) is 5.52 Å². The number of sulfonamides is 1. The van der Waals surface area contributed by atoms with Gasteiger partial charge in [-0.05, 0) is 30.3 Å². The number of aromatic nitrogens is 2. The fourth-order valence-electron chi connectivity index (χ4n) is 2.37. The van der Waals surface area contributed by atoms with Gasteiger partial charge in [0.2, 0.25) is 0 Å². The molecule has 10 heteroatoms. The summed E-state index contributed by atoms with van der Waals surface area (Å²) in [5, 5.41) is 9.04. The molecule has 27 heavy (non-hydrogen) atoms. The molecular weight excluding hydrogens is 422 g/mol. The van der Waals surface area contributed by atoms with Gasteiger partial charge < -0.3 is 4.74 Å². The number of ether oxygens (including phenoxy) is 1. The first kappa shape index (κ1) is 20.4. The Bertz CT molecular complexity index is 1150. The molecule has 3 aromatic rings. The molecule has 0 saturated carbocycles. The standard InChI is InChI=1S/C17H12N4O4S.Zn/c1-25-17(22)12-6-5-11(10-18)9-14(12)21-26(23,24)15-4-2-3-13-16(15)20-8-7-19-13;/h2-9,21H,1H3;. The van der Waals surface area contributed by atoms with Gasteiger partial charge in [-0.2, -0.15) is 5.26 Å². The molecule has 0 radical (unpaired) electrons. The van der Waals surface area contributed by atoms with Crippen LogP contribution >= 0.6 is 0 Å². The zero-order valence-electron chi connectivity index (χ0n) is 14.2. The summed E-state index contributed by atoms with van der Waals surface area (Å²) >= 11 is 0. The zero-order valence-corrected chi connectivity index (χ0v) is 18.0. The molecule has 0 aliphatic heterocycles.